The lowest BCUT2D eigenvalue weighted by Gasteiger charge is -2.32. The van der Waals surface area contributed by atoms with Crippen molar-refractivity contribution in [3.05, 3.63) is 22.5 Å². The highest BCUT2D eigenvalue weighted by molar-refractivity contribution is 5.80. The molecule has 0 aromatic carbocycles. The van der Waals surface area contributed by atoms with Crippen LogP contribution < -0.4 is 0 Å². The molecule has 2 rings (SSSR count). The fourth-order valence-electron chi connectivity index (χ4n) is 1.68. The van der Waals surface area contributed by atoms with Crippen LogP contribution in [0.25, 0.3) is 0 Å². The molecular formula is C9H8F3N5O4. The normalized spacial score (nSPS) is 21.8. The average molecular weight is 307 g/mol. The van der Waals surface area contributed by atoms with E-state index < -0.39 is 41.4 Å². The summed E-state index contributed by atoms with van der Waals surface area (Å²) in [4.78, 5) is 21.4. The zero-order chi connectivity index (χ0) is 15.8. The third-order valence-corrected chi connectivity index (χ3v) is 2.74. The predicted octanol–water partition coefficient (Wildman–Crippen LogP) is 0.260. The number of amides is 1. The zero-order valence-electron chi connectivity index (χ0n) is 10.2. The van der Waals surface area contributed by atoms with Crippen molar-refractivity contribution < 1.29 is 28.0 Å². The van der Waals surface area contributed by atoms with Crippen LogP contribution in [0, 0.1) is 10.1 Å². The van der Waals surface area contributed by atoms with Crippen LogP contribution in [0.4, 0.5) is 18.9 Å². The summed E-state index contributed by atoms with van der Waals surface area (Å²) in [5.41, 5.74) is -3.83. The lowest BCUT2D eigenvalue weighted by molar-refractivity contribution is -0.385. The monoisotopic (exact) mass is 307 g/mol. The second-order valence-electron chi connectivity index (χ2n) is 4.18. The van der Waals surface area contributed by atoms with Crippen LogP contribution in [0.1, 0.15) is 6.42 Å². The van der Waals surface area contributed by atoms with E-state index >= 15 is 0 Å². The first-order chi connectivity index (χ1) is 9.65. The summed E-state index contributed by atoms with van der Waals surface area (Å²) in [5, 5.41) is 26.6. The van der Waals surface area contributed by atoms with E-state index in [1.807, 2.05) is 0 Å². The number of aliphatic hydroxyl groups is 1. The zero-order valence-corrected chi connectivity index (χ0v) is 10.2. The van der Waals surface area contributed by atoms with Crippen LogP contribution in [0.15, 0.2) is 17.5 Å². The van der Waals surface area contributed by atoms with Crippen LogP contribution in [0.3, 0.4) is 0 Å². The lowest BCUT2D eigenvalue weighted by Crippen LogP contribution is -2.57. The molecule has 1 amide bonds. The lowest BCUT2D eigenvalue weighted by atomic mass is 10.1. The molecule has 1 N–H and O–H groups in total. The van der Waals surface area contributed by atoms with E-state index in [0.717, 1.165) is 23.3 Å². The van der Waals surface area contributed by atoms with Crippen molar-refractivity contribution in [2.75, 3.05) is 0 Å². The van der Waals surface area contributed by atoms with Gasteiger partial charge in [0.25, 0.3) is 11.6 Å². The van der Waals surface area contributed by atoms with Crippen molar-refractivity contribution in [3.8, 4) is 0 Å². The Morgan fingerprint density at radius 1 is 1.57 bits per heavy atom. The fourth-order valence-corrected chi connectivity index (χ4v) is 1.68. The number of carbonyl (C=O) groups excluding carboxylic acids is 1. The highest BCUT2D eigenvalue weighted by Gasteiger charge is 2.61. The number of halogens is 3. The molecule has 21 heavy (non-hydrogen) atoms. The predicted molar refractivity (Wildman–Crippen MR) is 59.8 cm³/mol. The van der Waals surface area contributed by atoms with Crippen LogP contribution in [-0.2, 0) is 11.3 Å². The van der Waals surface area contributed by atoms with Gasteiger partial charge in [-0.1, -0.05) is 0 Å². The van der Waals surface area contributed by atoms with E-state index in [0.29, 0.717) is 0 Å². The SMILES string of the molecule is O=C(Cn1cc([N+](=O)[O-])cn1)N1N=CC[C@]1(O)C(F)(F)F. The maximum Gasteiger partial charge on any atom is 0.438 e. The van der Waals surface area contributed by atoms with Crippen molar-refractivity contribution in [3.63, 3.8) is 0 Å². The molecule has 114 valence electrons. The van der Waals surface area contributed by atoms with Gasteiger partial charge in [-0.3, -0.25) is 19.6 Å². The summed E-state index contributed by atoms with van der Waals surface area (Å²) in [5.74, 6) is -1.21. The Balaban J connectivity index is 2.16. The second kappa shape index (κ2) is 4.80. The van der Waals surface area contributed by atoms with Gasteiger partial charge in [0.05, 0.1) is 4.92 Å². The number of nitrogens with zero attached hydrogens (tertiary/aromatic N) is 5. The van der Waals surface area contributed by atoms with Crippen LogP contribution in [0.5, 0.6) is 0 Å². The molecule has 0 aliphatic carbocycles. The first-order valence-electron chi connectivity index (χ1n) is 5.46. The summed E-state index contributed by atoms with van der Waals surface area (Å²) in [6.45, 7) is -0.733. The number of hydrazone groups is 1. The molecule has 1 atom stereocenters. The van der Waals surface area contributed by atoms with Gasteiger partial charge in [0.1, 0.15) is 18.9 Å². The molecule has 9 nitrogen and oxygen atoms in total. The molecule has 0 unspecified atom stereocenters. The Labute approximate surface area is 114 Å². The molecule has 0 saturated heterocycles. The highest BCUT2D eigenvalue weighted by atomic mass is 19.4. The Kier molecular flexibility index (Phi) is 3.41. The summed E-state index contributed by atoms with van der Waals surface area (Å²) < 4.78 is 39.1. The number of nitro groups is 1. The third-order valence-electron chi connectivity index (χ3n) is 2.74. The molecule has 1 aromatic rings. The number of alkyl halides is 3. The quantitative estimate of drug-likeness (QED) is 0.635. The van der Waals surface area contributed by atoms with Gasteiger partial charge < -0.3 is 5.11 Å². The first-order valence-corrected chi connectivity index (χ1v) is 5.46. The van der Waals surface area contributed by atoms with Gasteiger partial charge in [-0.15, -0.1) is 0 Å². The Morgan fingerprint density at radius 3 is 2.76 bits per heavy atom. The van der Waals surface area contributed by atoms with Gasteiger partial charge in [-0.2, -0.15) is 28.4 Å². The van der Waals surface area contributed by atoms with Gasteiger partial charge in [0.2, 0.25) is 0 Å². The summed E-state index contributed by atoms with van der Waals surface area (Å²) in [7, 11) is 0. The maximum absolute atomic E-state index is 12.8. The van der Waals surface area contributed by atoms with Gasteiger partial charge in [0, 0.05) is 12.6 Å². The minimum atomic E-state index is -5.09. The van der Waals surface area contributed by atoms with Gasteiger partial charge >= 0.3 is 11.9 Å². The van der Waals surface area contributed by atoms with Crippen molar-refractivity contribution in [1.29, 1.82) is 0 Å². The van der Waals surface area contributed by atoms with E-state index in [9.17, 15) is 33.2 Å². The Hall–Kier alpha value is -2.50. The molecule has 1 aliphatic rings. The number of rotatable bonds is 3. The van der Waals surface area contributed by atoms with Crippen molar-refractivity contribution >= 4 is 17.8 Å². The highest BCUT2D eigenvalue weighted by Crippen LogP contribution is 2.38. The van der Waals surface area contributed by atoms with E-state index in [1.54, 1.807) is 0 Å². The summed E-state index contributed by atoms with van der Waals surface area (Å²) in [6, 6.07) is 0. The molecule has 0 spiro atoms. The van der Waals surface area contributed by atoms with Crippen molar-refractivity contribution in [2.45, 2.75) is 24.9 Å². The largest absolute Gasteiger partial charge is 0.438 e. The number of hydrogen-bond donors (Lipinski definition) is 1. The second-order valence-corrected chi connectivity index (χ2v) is 4.18. The van der Waals surface area contributed by atoms with Crippen LogP contribution in [-0.4, -0.2) is 48.8 Å². The molecule has 2 heterocycles. The molecular weight excluding hydrogens is 299 g/mol. The number of hydrogen-bond acceptors (Lipinski definition) is 6. The maximum atomic E-state index is 12.8. The molecule has 1 aromatic heterocycles. The molecule has 0 radical (unpaired) electrons. The molecule has 1 aliphatic heterocycles. The van der Waals surface area contributed by atoms with E-state index in [-0.39, 0.29) is 5.01 Å². The average Bonchev–Trinajstić information content (AvgIpc) is 2.95. The number of aromatic nitrogens is 2. The van der Waals surface area contributed by atoms with Crippen molar-refractivity contribution in [1.82, 2.24) is 14.8 Å². The molecule has 0 saturated carbocycles. The van der Waals surface area contributed by atoms with Gasteiger partial charge in [-0.25, -0.2) is 0 Å². The Morgan fingerprint density at radius 2 is 2.24 bits per heavy atom. The summed E-state index contributed by atoms with van der Waals surface area (Å²) in [6.07, 6.45) is -3.49. The van der Waals surface area contributed by atoms with E-state index in [4.69, 9.17) is 0 Å². The number of carbonyl (C=O) groups is 1. The summed E-state index contributed by atoms with van der Waals surface area (Å²) >= 11 is 0. The smallest absolute Gasteiger partial charge is 0.362 e. The van der Waals surface area contributed by atoms with E-state index in [2.05, 4.69) is 10.2 Å². The molecule has 12 heteroatoms. The van der Waals surface area contributed by atoms with E-state index in [1.165, 1.54) is 0 Å². The van der Waals surface area contributed by atoms with Crippen molar-refractivity contribution in [2.24, 2.45) is 5.10 Å². The fraction of sp³-hybridized carbons (Fsp3) is 0.444. The first kappa shape index (κ1) is 14.9. The van der Waals surface area contributed by atoms with Crippen LogP contribution in [0.2, 0.25) is 0 Å². The van der Waals surface area contributed by atoms with Crippen LogP contribution >= 0.6 is 0 Å². The molecule has 0 fully saturated rings. The molecule has 0 bridgehead atoms. The standard InChI is InChI=1S/C9H8F3N5O4/c10-9(11,12)8(19)1-2-13-16(8)7(18)5-15-4-6(3-14-15)17(20)21/h2-4,19H,1,5H2/t8-/m0/s1. The topological polar surface area (TPSA) is 114 Å². The third kappa shape index (κ3) is 2.56. The minimum Gasteiger partial charge on any atom is -0.362 e. The minimum absolute atomic E-state index is 0.0967. The Bertz CT molecular complexity index is 613. The van der Waals surface area contributed by atoms with Gasteiger partial charge in [-0.05, 0) is 0 Å². The van der Waals surface area contributed by atoms with Gasteiger partial charge in [0.15, 0.2) is 0 Å².